The molecular weight excluding hydrogens is 264 g/mol. The molecule has 0 bridgehead atoms. The van der Waals surface area contributed by atoms with E-state index in [2.05, 4.69) is 37.4 Å². The third-order valence-electron chi connectivity index (χ3n) is 4.23. The van der Waals surface area contributed by atoms with E-state index >= 15 is 0 Å². The number of amides is 2. The predicted molar refractivity (Wildman–Crippen MR) is 82.8 cm³/mol. The van der Waals surface area contributed by atoms with Crippen LogP contribution in [0.2, 0.25) is 0 Å². The van der Waals surface area contributed by atoms with E-state index in [1.807, 2.05) is 20.9 Å². The summed E-state index contributed by atoms with van der Waals surface area (Å²) >= 11 is 0. The van der Waals surface area contributed by atoms with Gasteiger partial charge in [0.2, 0.25) is 11.8 Å². The number of benzene rings is 1. The van der Waals surface area contributed by atoms with E-state index in [9.17, 15) is 9.59 Å². The lowest BCUT2D eigenvalue weighted by molar-refractivity contribution is -0.141. The van der Waals surface area contributed by atoms with Crippen LogP contribution in [0.1, 0.15) is 43.0 Å². The second kappa shape index (κ2) is 5.60. The Morgan fingerprint density at radius 3 is 2.43 bits per heavy atom. The van der Waals surface area contributed by atoms with E-state index in [-0.39, 0.29) is 17.9 Å². The van der Waals surface area contributed by atoms with Crippen LogP contribution in [0.15, 0.2) is 18.2 Å². The quantitative estimate of drug-likeness (QED) is 0.865. The SMILES string of the molecule is CNC(CN1C(=O)CC(C)(C)C1=O)c1ccc(C)cc1C. The van der Waals surface area contributed by atoms with E-state index < -0.39 is 5.41 Å². The molecule has 114 valence electrons. The van der Waals surface area contributed by atoms with Gasteiger partial charge in [-0.1, -0.05) is 37.6 Å². The lowest BCUT2D eigenvalue weighted by Gasteiger charge is -2.25. The van der Waals surface area contributed by atoms with Crippen molar-refractivity contribution in [1.82, 2.24) is 10.2 Å². The van der Waals surface area contributed by atoms with Crippen molar-refractivity contribution >= 4 is 11.8 Å². The molecule has 21 heavy (non-hydrogen) atoms. The van der Waals surface area contributed by atoms with Crippen LogP contribution >= 0.6 is 0 Å². The number of rotatable bonds is 4. The van der Waals surface area contributed by atoms with E-state index in [0.717, 1.165) is 5.56 Å². The molecule has 1 fully saturated rings. The normalized spacial score (nSPS) is 19.2. The van der Waals surface area contributed by atoms with Crippen molar-refractivity contribution in [1.29, 1.82) is 0 Å². The zero-order valence-corrected chi connectivity index (χ0v) is 13.5. The van der Waals surface area contributed by atoms with Crippen LogP contribution in [-0.2, 0) is 9.59 Å². The Labute approximate surface area is 126 Å². The van der Waals surface area contributed by atoms with Gasteiger partial charge in [0.1, 0.15) is 0 Å². The lowest BCUT2D eigenvalue weighted by Crippen LogP contribution is -2.39. The molecule has 1 aromatic carbocycles. The molecule has 1 heterocycles. The van der Waals surface area contributed by atoms with Crippen LogP contribution in [-0.4, -0.2) is 30.3 Å². The summed E-state index contributed by atoms with van der Waals surface area (Å²) in [5, 5.41) is 3.23. The standard InChI is InChI=1S/C17H24N2O2/c1-11-6-7-13(12(2)8-11)14(18-5)10-19-15(20)9-17(3,4)16(19)21/h6-8,14,18H,9-10H2,1-5H3. The number of imide groups is 1. The number of hydrogen-bond acceptors (Lipinski definition) is 3. The Bertz CT molecular complexity index is 578. The van der Waals surface area contributed by atoms with Gasteiger partial charge in [-0.15, -0.1) is 0 Å². The average Bonchev–Trinajstić information content (AvgIpc) is 2.58. The van der Waals surface area contributed by atoms with Crippen molar-refractivity contribution in [2.75, 3.05) is 13.6 Å². The maximum Gasteiger partial charge on any atom is 0.235 e. The Balaban J connectivity index is 2.24. The van der Waals surface area contributed by atoms with E-state index in [0.29, 0.717) is 13.0 Å². The average molecular weight is 288 g/mol. The van der Waals surface area contributed by atoms with E-state index in [1.165, 1.54) is 16.0 Å². The van der Waals surface area contributed by atoms with E-state index in [1.54, 1.807) is 0 Å². The molecule has 1 aliphatic heterocycles. The molecule has 0 radical (unpaired) electrons. The minimum atomic E-state index is -0.572. The lowest BCUT2D eigenvalue weighted by atomic mass is 9.92. The summed E-state index contributed by atoms with van der Waals surface area (Å²) in [5.74, 6) is -0.146. The van der Waals surface area contributed by atoms with Gasteiger partial charge in [0.05, 0.1) is 11.5 Å². The predicted octanol–water partition coefficient (Wildman–Crippen LogP) is 2.35. The van der Waals surface area contributed by atoms with E-state index in [4.69, 9.17) is 0 Å². The number of carbonyl (C=O) groups excluding carboxylic acids is 2. The molecule has 1 saturated heterocycles. The van der Waals surface area contributed by atoms with Gasteiger partial charge in [0, 0.05) is 13.0 Å². The molecule has 1 N–H and O–H groups in total. The maximum absolute atomic E-state index is 12.3. The van der Waals surface area contributed by atoms with Crippen molar-refractivity contribution in [3.05, 3.63) is 34.9 Å². The van der Waals surface area contributed by atoms with Crippen molar-refractivity contribution < 1.29 is 9.59 Å². The monoisotopic (exact) mass is 288 g/mol. The highest BCUT2D eigenvalue weighted by molar-refractivity contribution is 6.05. The summed E-state index contributed by atoms with van der Waals surface area (Å²) in [6.45, 7) is 8.17. The van der Waals surface area contributed by atoms with Gasteiger partial charge < -0.3 is 5.32 Å². The van der Waals surface area contributed by atoms with Gasteiger partial charge in [-0.2, -0.15) is 0 Å². The van der Waals surface area contributed by atoms with Crippen LogP contribution in [0.3, 0.4) is 0 Å². The summed E-state index contributed by atoms with van der Waals surface area (Å²) in [7, 11) is 1.86. The molecule has 1 atom stereocenters. The van der Waals surface area contributed by atoms with Crippen LogP contribution < -0.4 is 5.32 Å². The second-order valence-corrected chi connectivity index (χ2v) is 6.57. The summed E-state index contributed by atoms with van der Waals surface area (Å²) in [6, 6.07) is 6.22. The molecule has 1 aromatic rings. The van der Waals surface area contributed by atoms with Gasteiger partial charge in [-0.3, -0.25) is 14.5 Å². The Kier molecular flexibility index (Phi) is 4.19. The Hall–Kier alpha value is -1.68. The number of likely N-dealkylation sites (N-methyl/N-ethyl adjacent to an activating group) is 1. The third-order valence-corrected chi connectivity index (χ3v) is 4.23. The second-order valence-electron chi connectivity index (χ2n) is 6.57. The van der Waals surface area contributed by atoms with Crippen LogP contribution in [0.5, 0.6) is 0 Å². The molecule has 4 heteroatoms. The molecule has 2 rings (SSSR count). The number of aryl methyl sites for hydroxylation is 2. The number of likely N-dealkylation sites (tertiary alicyclic amines) is 1. The summed E-state index contributed by atoms with van der Waals surface area (Å²) in [6.07, 6.45) is 0.301. The fourth-order valence-corrected chi connectivity index (χ4v) is 2.96. The van der Waals surface area contributed by atoms with Crippen LogP contribution in [0, 0.1) is 19.3 Å². The number of hydrogen-bond donors (Lipinski definition) is 1. The van der Waals surface area contributed by atoms with Gasteiger partial charge in [0.15, 0.2) is 0 Å². The summed E-state index contributed by atoms with van der Waals surface area (Å²) in [4.78, 5) is 25.8. The van der Waals surface area contributed by atoms with Crippen molar-refractivity contribution in [2.45, 2.75) is 40.2 Å². The van der Waals surface area contributed by atoms with Gasteiger partial charge in [-0.25, -0.2) is 0 Å². The molecule has 0 saturated carbocycles. The Morgan fingerprint density at radius 2 is 1.95 bits per heavy atom. The molecular formula is C17H24N2O2. The van der Waals surface area contributed by atoms with Crippen molar-refractivity contribution in [2.24, 2.45) is 5.41 Å². The first-order chi connectivity index (χ1) is 9.76. The minimum Gasteiger partial charge on any atom is -0.312 e. The number of nitrogens with one attached hydrogen (secondary N) is 1. The third kappa shape index (κ3) is 3.00. The fourth-order valence-electron chi connectivity index (χ4n) is 2.96. The number of carbonyl (C=O) groups is 2. The van der Waals surface area contributed by atoms with Crippen LogP contribution in [0.25, 0.3) is 0 Å². The smallest absolute Gasteiger partial charge is 0.235 e. The molecule has 1 unspecified atom stereocenters. The highest BCUT2D eigenvalue weighted by Gasteiger charge is 2.45. The highest BCUT2D eigenvalue weighted by atomic mass is 16.2. The zero-order valence-electron chi connectivity index (χ0n) is 13.5. The van der Waals surface area contributed by atoms with Crippen molar-refractivity contribution in [3.63, 3.8) is 0 Å². The fraction of sp³-hybridized carbons (Fsp3) is 0.529. The summed E-state index contributed by atoms with van der Waals surface area (Å²) in [5.41, 5.74) is 2.94. The molecule has 0 spiro atoms. The molecule has 0 aliphatic carbocycles. The Morgan fingerprint density at radius 1 is 1.29 bits per heavy atom. The van der Waals surface area contributed by atoms with Gasteiger partial charge >= 0.3 is 0 Å². The van der Waals surface area contributed by atoms with Crippen molar-refractivity contribution in [3.8, 4) is 0 Å². The van der Waals surface area contributed by atoms with Gasteiger partial charge in [0.25, 0.3) is 0 Å². The first kappa shape index (κ1) is 15.7. The largest absolute Gasteiger partial charge is 0.312 e. The highest BCUT2D eigenvalue weighted by Crippen LogP contribution is 2.33. The number of nitrogens with zero attached hydrogens (tertiary/aromatic N) is 1. The topological polar surface area (TPSA) is 49.4 Å². The molecule has 4 nitrogen and oxygen atoms in total. The first-order valence-corrected chi connectivity index (χ1v) is 7.35. The van der Waals surface area contributed by atoms with Crippen LogP contribution in [0.4, 0.5) is 0 Å². The molecule has 1 aliphatic rings. The molecule has 2 amide bonds. The van der Waals surface area contributed by atoms with Gasteiger partial charge in [-0.05, 0) is 32.0 Å². The maximum atomic E-state index is 12.3. The first-order valence-electron chi connectivity index (χ1n) is 7.35. The molecule has 0 aromatic heterocycles. The zero-order chi connectivity index (χ0) is 15.8. The minimum absolute atomic E-state index is 0.0348. The summed E-state index contributed by atoms with van der Waals surface area (Å²) < 4.78 is 0.